The molecule has 0 fully saturated rings. The van der Waals surface area contributed by atoms with E-state index in [0.717, 1.165) is 6.42 Å². The van der Waals surface area contributed by atoms with Gasteiger partial charge in [-0.15, -0.1) is 0 Å². The predicted octanol–water partition coefficient (Wildman–Crippen LogP) is 4.77. The molecule has 1 aromatic carbocycles. The van der Waals surface area contributed by atoms with E-state index in [9.17, 15) is 4.79 Å². The van der Waals surface area contributed by atoms with Crippen molar-refractivity contribution in [3.05, 3.63) is 29.3 Å². The van der Waals surface area contributed by atoms with Crippen molar-refractivity contribution in [2.45, 2.75) is 51.4 Å². The van der Waals surface area contributed by atoms with Gasteiger partial charge in [-0.1, -0.05) is 33.8 Å². The minimum absolute atomic E-state index is 0.111. The van der Waals surface area contributed by atoms with Crippen LogP contribution in [-0.4, -0.2) is 5.43 Å². The van der Waals surface area contributed by atoms with Crippen LogP contribution in [0, 0.1) is 0 Å². The van der Waals surface area contributed by atoms with Crippen molar-refractivity contribution < 1.29 is 9.53 Å². The van der Waals surface area contributed by atoms with E-state index in [1.54, 1.807) is 0 Å². The van der Waals surface area contributed by atoms with Crippen molar-refractivity contribution in [3.8, 4) is 5.75 Å². The molecule has 0 heterocycles. The lowest BCUT2D eigenvalue weighted by atomic mass is 9.63. The van der Waals surface area contributed by atoms with Crippen LogP contribution in [0.4, 0.5) is 4.79 Å². The highest BCUT2D eigenvalue weighted by molar-refractivity contribution is 6.61. The smallest absolute Gasteiger partial charge is 0.409 e. The van der Waals surface area contributed by atoms with Crippen LogP contribution >= 0.6 is 11.6 Å². The monoisotopic (exact) mass is 266 g/mol. The van der Waals surface area contributed by atoms with Gasteiger partial charge < -0.3 is 4.74 Å². The predicted molar refractivity (Wildman–Crippen MR) is 73.6 cm³/mol. The minimum atomic E-state index is -0.789. The number of benzene rings is 1. The van der Waals surface area contributed by atoms with Crippen LogP contribution < -0.4 is 4.74 Å². The summed E-state index contributed by atoms with van der Waals surface area (Å²) in [5.41, 5.74) is 2.10. The molecule has 1 aliphatic rings. The van der Waals surface area contributed by atoms with Crippen LogP contribution in [-0.2, 0) is 10.8 Å². The molecule has 0 bridgehead atoms. The maximum Gasteiger partial charge on any atom is 0.409 e. The Kier molecular flexibility index (Phi) is 3.18. The van der Waals surface area contributed by atoms with Gasteiger partial charge in [0.25, 0.3) is 0 Å². The van der Waals surface area contributed by atoms with E-state index in [2.05, 4.69) is 33.8 Å². The second-order valence-electron chi connectivity index (χ2n) is 6.31. The Morgan fingerprint density at radius 3 is 2.22 bits per heavy atom. The Morgan fingerprint density at radius 2 is 1.67 bits per heavy atom. The normalized spacial score (nSPS) is 20.1. The number of halogens is 1. The quantitative estimate of drug-likeness (QED) is 0.684. The van der Waals surface area contributed by atoms with Crippen molar-refractivity contribution in [2.24, 2.45) is 0 Å². The largest absolute Gasteiger partial charge is 0.414 e. The molecule has 1 aliphatic carbocycles. The summed E-state index contributed by atoms with van der Waals surface area (Å²) in [5.74, 6) is 0.527. The SMILES string of the molecule is CC1(C)CCC(C)(C)c2cc(OC(=O)Cl)ccc21. The molecule has 0 radical (unpaired) electrons. The molecule has 1 aromatic rings. The van der Waals surface area contributed by atoms with Crippen LogP contribution in [0.1, 0.15) is 51.7 Å². The first-order valence-electron chi connectivity index (χ1n) is 6.25. The minimum Gasteiger partial charge on any atom is -0.414 e. The summed E-state index contributed by atoms with van der Waals surface area (Å²) in [6, 6.07) is 5.84. The van der Waals surface area contributed by atoms with Gasteiger partial charge in [-0.3, -0.25) is 0 Å². The van der Waals surface area contributed by atoms with Gasteiger partial charge >= 0.3 is 5.43 Å². The van der Waals surface area contributed by atoms with E-state index in [4.69, 9.17) is 16.3 Å². The summed E-state index contributed by atoms with van der Waals surface area (Å²) < 4.78 is 4.97. The Morgan fingerprint density at radius 1 is 1.11 bits per heavy atom. The van der Waals surface area contributed by atoms with Gasteiger partial charge in [-0.2, -0.15) is 0 Å². The summed E-state index contributed by atoms with van der Waals surface area (Å²) in [6.07, 6.45) is 2.30. The van der Waals surface area contributed by atoms with E-state index in [0.29, 0.717) is 5.75 Å². The molecule has 0 spiro atoms. The number of ether oxygens (including phenoxy) is 1. The first-order valence-corrected chi connectivity index (χ1v) is 6.62. The third-order valence-corrected chi connectivity index (χ3v) is 4.10. The number of carbonyl (C=O) groups excluding carboxylic acids is 1. The zero-order valence-corrected chi connectivity index (χ0v) is 12.1. The highest BCUT2D eigenvalue weighted by Gasteiger charge is 2.37. The fourth-order valence-electron chi connectivity index (χ4n) is 2.72. The van der Waals surface area contributed by atoms with E-state index in [1.807, 2.05) is 12.1 Å². The summed E-state index contributed by atoms with van der Waals surface area (Å²) in [5, 5.41) is 0. The molecule has 0 unspecified atom stereocenters. The first kappa shape index (κ1) is 13.4. The van der Waals surface area contributed by atoms with Gasteiger partial charge in [0, 0.05) is 11.6 Å². The summed E-state index contributed by atoms with van der Waals surface area (Å²) in [7, 11) is 0. The fraction of sp³-hybridized carbons (Fsp3) is 0.533. The fourth-order valence-corrected chi connectivity index (χ4v) is 2.81. The molecule has 0 saturated carbocycles. The number of hydrogen-bond acceptors (Lipinski definition) is 2. The van der Waals surface area contributed by atoms with Crippen molar-refractivity contribution >= 4 is 17.0 Å². The van der Waals surface area contributed by atoms with Crippen LogP contribution in [0.5, 0.6) is 5.75 Å². The standard InChI is InChI=1S/C15H19ClO2/c1-14(2)7-8-15(3,4)12-9-10(18-13(16)17)5-6-11(12)14/h5-6,9H,7-8H2,1-4H3. The molecule has 0 N–H and O–H groups in total. The molecule has 2 rings (SSSR count). The van der Waals surface area contributed by atoms with Crippen molar-refractivity contribution in [1.29, 1.82) is 0 Å². The van der Waals surface area contributed by atoms with E-state index >= 15 is 0 Å². The van der Waals surface area contributed by atoms with Crippen LogP contribution in [0.2, 0.25) is 0 Å². The van der Waals surface area contributed by atoms with Crippen molar-refractivity contribution in [1.82, 2.24) is 0 Å². The van der Waals surface area contributed by atoms with Gasteiger partial charge in [-0.25, -0.2) is 4.79 Å². The lowest BCUT2D eigenvalue weighted by Crippen LogP contribution is -2.33. The number of carbonyl (C=O) groups is 1. The molecule has 0 saturated heterocycles. The Hall–Kier alpha value is -1.02. The molecule has 3 heteroatoms. The lowest BCUT2D eigenvalue weighted by molar-refractivity contribution is 0.225. The molecule has 0 atom stereocenters. The molecule has 0 aromatic heterocycles. The third-order valence-electron chi connectivity index (χ3n) is 4.02. The number of fused-ring (bicyclic) bond motifs is 1. The van der Waals surface area contributed by atoms with Gasteiger partial charge in [0.15, 0.2) is 0 Å². The maximum absolute atomic E-state index is 10.8. The Bertz CT molecular complexity index is 489. The summed E-state index contributed by atoms with van der Waals surface area (Å²) in [4.78, 5) is 10.8. The van der Waals surface area contributed by atoms with Crippen molar-refractivity contribution in [2.75, 3.05) is 0 Å². The highest BCUT2D eigenvalue weighted by Crippen LogP contribution is 2.46. The number of rotatable bonds is 1. The Balaban J connectivity index is 2.51. The van der Waals surface area contributed by atoms with Gasteiger partial charge in [0.05, 0.1) is 0 Å². The molecule has 0 aliphatic heterocycles. The molecule has 98 valence electrons. The van der Waals surface area contributed by atoms with E-state index in [1.165, 1.54) is 17.5 Å². The molecular weight excluding hydrogens is 248 g/mol. The topological polar surface area (TPSA) is 26.3 Å². The maximum atomic E-state index is 10.8. The Labute approximate surface area is 113 Å². The zero-order chi connectivity index (χ0) is 13.6. The second kappa shape index (κ2) is 4.27. The molecular formula is C15H19ClO2. The van der Waals surface area contributed by atoms with E-state index in [-0.39, 0.29) is 10.8 Å². The van der Waals surface area contributed by atoms with Crippen LogP contribution in [0.15, 0.2) is 18.2 Å². The van der Waals surface area contributed by atoms with Crippen molar-refractivity contribution in [3.63, 3.8) is 0 Å². The summed E-state index contributed by atoms with van der Waals surface area (Å²) >= 11 is 5.26. The molecule has 18 heavy (non-hydrogen) atoms. The average Bonchev–Trinajstić information content (AvgIpc) is 2.24. The second-order valence-corrected chi connectivity index (χ2v) is 6.62. The van der Waals surface area contributed by atoms with Crippen LogP contribution in [0.25, 0.3) is 0 Å². The first-order chi connectivity index (χ1) is 8.22. The molecule has 0 amide bonds. The van der Waals surface area contributed by atoms with Crippen LogP contribution in [0.3, 0.4) is 0 Å². The molecule has 2 nitrogen and oxygen atoms in total. The van der Waals surface area contributed by atoms with Gasteiger partial charge in [0.2, 0.25) is 0 Å². The lowest BCUT2D eigenvalue weighted by Gasteiger charge is -2.41. The zero-order valence-electron chi connectivity index (χ0n) is 11.3. The number of hydrogen-bond donors (Lipinski definition) is 0. The summed E-state index contributed by atoms with van der Waals surface area (Å²) in [6.45, 7) is 8.98. The average molecular weight is 267 g/mol. The van der Waals surface area contributed by atoms with Gasteiger partial charge in [-0.05, 0) is 46.9 Å². The highest BCUT2D eigenvalue weighted by atomic mass is 35.5. The third kappa shape index (κ3) is 2.39. The van der Waals surface area contributed by atoms with Gasteiger partial charge in [0.1, 0.15) is 5.75 Å². The van der Waals surface area contributed by atoms with E-state index < -0.39 is 5.43 Å².